The highest BCUT2D eigenvalue weighted by Crippen LogP contribution is 2.22. The lowest BCUT2D eigenvalue weighted by molar-refractivity contribution is -0.121. The predicted molar refractivity (Wildman–Crippen MR) is 119 cm³/mol. The number of methoxy groups -OCH3 is 1. The Bertz CT molecular complexity index is 1020. The molecule has 0 saturated heterocycles. The maximum absolute atomic E-state index is 12.7. The number of Topliss-reactive ketones (excluding diaryl/α,β-unsaturated/α-hetero) is 1. The molecule has 1 unspecified atom stereocenters. The van der Waals surface area contributed by atoms with E-state index in [4.69, 9.17) is 4.74 Å². The summed E-state index contributed by atoms with van der Waals surface area (Å²) >= 11 is 0. The van der Waals surface area contributed by atoms with Crippen molar-refractivity contribution in [3.63, 3.8) is 0 Å². The van der Waals surface area contributed by atoms with Gasteiger partial charge < -0.3 is 15.0 Å². The highest BCUT2D eigenvalue weighted by atomic mass is 32.2. The molecule has 1 N–H and O–H groups in total. The summed E-state index contributed by atoms with van der Waals surface area (Å²) in [6.07, 6.45) is 0. The topological polar surface area (TPSA) is 96.0 Å². The number of ketones is 1. The first kappa shape index (κ1) is 24.5. The van der Waals surface area contributed by atoms with Crippen molar-refractivity contribution in [3.8, 4) is 5.75 Å². The molecule has 0 aliphatic rings. The van der Waals surface area contributed by atoms with Crippen molar-refractivity contribution in [2.24, 2.45) is 0 Å². The molecule has 0 spiro atoms. The Morgan fingerprint density at radius 3 is 2.26 bits per heavy atom. The molecule has 2 aromatic rings. The molecule has 0 heterocycles. The van der Waals surface area contributed by atoms with Crippen LogP contribution in [-0.2, 0) is 14.8 Å². The molecule has 1 amide bonds. The van der Waals surface area contributed by atoms with Gasteiger partial charge in [0.15, 0.2) is 5.78 Å². The van der Waals surface area contributed by atoms with Gasteiger partial charge in [-0.15, -0.1) is 0 Å². The Kier molecular flexibility index (Phi) is 8.32. The third-order valence-electron chi connectivity index (χ3n) is 4.93. The van der Waals surface area contributed by atoms with E-state index >= 15 is 0 Å². The van der Waals surface area contributed by atoms with Crippen LogP contribution >= 0.6 is 0 Å². The van der Waals surface area contributed by atoms with Gasteiger partial charge in [-0.3, -0.25) is 9.59 Å². The maximum Gasteiger partial charge on any atom is 0.243 e. The van der Waals surface area contributed by atoms with Crippen molar-refractivity contribution in [1.29, 1.82) is 0 Å². The molecule has 31 heavy (non-hydrogen) atoms. The number of ether oxygens (including phenoxy) is 1. The lowest BCUT2D eigenvalue weighted by atomic mass is 10.1. The zero-order valence-electron chi connectivity index (χ0n) is 18.5. The van der Waals surface area contributed by atoms with Gasteiger partial charge in [-0.2, -0.15) is 4.31 Å². The van der Waals surface area contributed by atoms with E-state index in [0.717, 1.165) is 15.6 Å². The zero-order valence-corrected chi connectivity index (χ0v) is 19.3. The zero-order chi connectivity index (χ0) is 23.2. The van der Waals surface area contributed by atoms with Crippen LogP contribution in [0, 0.1) is 0 Å². The van der Waals surface area contributed by atoms with Crippen LogP contribution in [0.2, 0.25) is 0 Å². The van der Waals surface area contributed by atoms with Gasteiger partial charge in [0.2, 0.25) is 15.9 Å². The standard InChI is InChI=1S/C22H29N3O5S/c1-16(26)17-9-11-20(12-10-17)31(28,29)25(4)15-22(27)23-14-21(24(2)3)18-7-6-8-19(13-18)30-5/h6-13,21H,14-15H2,1-5H3,(H,23,27). The number of hydrogen-bond acceptors (Lipinski definition) is 6. The van der Waals surface area contributed by atoms with E-state index < -0.39 is 15.9 Å². The van der Waals surface area contributed by atoms with Gasteiger partial charge in [-0.05, 0) is 50.8 Å². The largest absolute Gasteiger partial charge is 0.497 e. The molecule has 0 aliphatic heterocycles. The summed E-state index contributed by atoms with van der Waals surface area (Å²) in [6, 6.07) is 13.1. The Morgan fingerprint density at radius 1 is 1.06 bits per heavy atom. The minimum atomic E-state index is -3.86. The monoisotopic (exact) mass is 447 g/mol. The number of benzene rings is 2. The highest BCUT2D eigenvalue weighted by Gasteiger charge is 2.24. The van der Waals surface area contributed by atoms with E-state index in [-0.39, 0.29) is 23.3 Å². The molecular formula is C22H29N3O5S. The van der Waals surface area contributed by atoms with Crippen molar-refractivity contribution in [2.45, 2.75) is 17.9 Å². The number of hydrogen-bond donors (Lipinski definition) is 1. The van der Waals surface area contributed by atoms with Crippen molar-refractivity contribution < 1.29 is 22.7 Å². The van der Waals surface area contributed by atoms with E-state index in [0.29, 0.717) is 12.1 Å². The van der Waals surface area contributed by atoms with Crippen LogP contribution in [0.25, 0.3) is 0 Å². The first-order valence-corrected chi connectivity index (χ1v) is 11.1. The smallest absolute Gasteiger partial charge is 0.243 e. The number of likely N-dealkylation sites (N-methyl/N-ethyl adjacent to an activating group) is 2. The summed E-state index contributed by atoms with van der Waals surface area (Å²) in [7, 11) is 2.88. The lowest BCUT2D eigenvalue weighted by Gasteiger charge is -2.26. The highest BCUT2D eigenvalue weighted by molar-refractivity contribution is 7.89. The Hall–Kier alpha value is -2.75. The molecular weight excluding hydrogens is 418 g/mol. The fourth-order valence-corrected chi connectivity index (χ4v) is 4.17. The van der Waals surface area contributed by atoms with Crippen LogP contribution in [0.1, 0.15) is 28.9 Å². The number of rotatable bonds is 10. The van der Waals surface area contributed by atoms with Crippen LogP contribution in [0.15, 0.2) is 53.4 Å². The van der Waals surface area contributed by atoms with E-state index in [9.17, 15) is 18.0 Å². The quantitative estimate of drug-likeness (QED) is 0.559. The summed E-state index contributed by atoms with van der Waals surface area (Å²) in [5.41, 5.74) is 1.39. The van der Waals surface area contributed by atoms with Crippen molar-refractivity contribution in [2.75, 3.05) is 41.3 Å². The van der Waals surface area contributed by atoms with Crippen molar-refractivity contribution >= 4 is 21.7 Å². The SMILES string of the molecule is COc1cccc(C(CNC(=O)CN(C)S(=O)(=O)c2ccc(C(C)=O)cc2)N(C)C)c1. The molecule has 0 aliphatic carbocycles. The van der Waals surface area contributed by atoms with E-state index in [1.54, 1.807) is 7.11 Å². The average Bonchev–Trinajstić information content (AvgIpc) is 2.73. The van der Waals surface area contributed by atoms with Crippen LogP contribution < -0.4 is 10.1 Å². The fraction of sp³-hybridized carbons (Fsp3) is 0.364. The second-order valence-electron chi connectivity index (χ2n) is 7.40. The molecule has 2 rings (SSSR count). The molecule has 0 radical (unpaired) electrons. The molecule has 0 bridgehead atoms. The minimum absolute atomic E-state index is 0.0235. The lowest BCUT2D eigenvalue weighted by Crippen LogP contribution is -2.41. The second kappa shape index (κ2) is 10.5. The fourth-order valence-electron chi connectivity index (χ4n) is 3.04. The van der Waals surface area contributed by atoms with Crippen LogP contribution in [0.4, 0.5) is 0 Å². The van der Waals surface area contributed by atoms with Gasteiger partial charge in [0, 0.05) is 19.2 Å². The van der Waals surface area contributed by atoms with Crippen LogP contribution in [-0.4, -0.2) is 70.7 Å². The maximum atomic E-state index is 12.7. The third-order valence-corrected chi connectivity index (χ3v) is 6.75. The van der Waals surface area contributed by atoms with Crippen LogP contribution in [0.3, 0.4) is 0 Å². The van der Waals surface area contributed by atoms with Gasteiger partial charge in [0.1, 0.15) is 5.75 Å². The Morgan fingerprint density at radius 2 is 1.71 bits per heavy atom. The predicted octanol–water partition coefficient (Wildman–Crippen LogP) is 1.94. The second-order valence-corrected chi connectivity index (χ2v) is 9.45. The molecule has 1 atom stereocenters. The molecule has 9 heteroatoms. The molecule has 2 aromatic carbocycles. The first-order chi connectivity index (χ1) is 14.6. The number of carbonyl (C=O) groups is 2. The summed E-state index contributed by atoms with van der Waals surface area (Å²) in [6.45, 7) is 1.39. The van der Waals surface area contributed by atoms with E-state index in [1.165, 1.54) is 38.2 Å². The summed E-state index contributed by atoms with van der Waals surface area (Å²) in [4.78, 5) is 25.8. The van der Waals surface area contributed by atoms with Gasteiger partial charge in [0.25, 0.3) is 0 Å². The summed E-state index contributed by atoms with van der Waals surface area (Å²) in [5, 5.41) is 2.81. The van der Waals surface area contributed by atoms with Gasteiger partial charge in [-0.1, -0.05) is 24.3 Å². The molecule has 0 saturated carbocycles. The minimum Gasteiger partial charge on any atom is -0.497 e. The number of nitrogens with zero attached hydrogens (tertiary/aromatic N) is 2. The van der Waals surface area contributed by atoms with E-state index in [2.05, 4.69) is 5.32 Å². The number of amides is 1. The van der Waals surface area contributed by atoms with Gasteiger partial charge >= 0.3 is 0 Å². The van der Waals surface area contributed by atoms with Crippen molar-refractivity contribution in [1.82, 2.24) is 14.5 Å². The molecule has 168 valence electrons. The Labute approximate surface area is 183 Å². The number of sulfonamides is 1. The molecule has 0 fully saturated rings. The number of carbonyl (C=O) groups excluding carboxylic acids is 2. The van der Waals surface area contributed by atoms with Crippen LogP contribution in [0.5, 0.6) is 5.75 Å². The first-order valence-electron chi connectivity index (χ1n) is 9.70. The van der Waals surface area contributed by atoms with Gasteiger partial charge in [-0.25, -0.2) is 8.42 Å². The van der Waals surface area contributed by atoms with Crippen molar-refractivity contribution in [3.05, 3.63) is 59.7 Å². The number of nitrogens with one attached hydrogen (secondary N) is 1. The molecule has 0 aromatic heterocycles. The Balaban J connectivity index is 2.03. The molecule has 8 nitrogen and oxygen atoms in total. The summed E-state index contributed by atoms with van der Waals surface area (Å²) in [5.74, 6) is 0.154. The van der Waals surface area contributed by atoms with Gasteiger partial charge in [0.05, 0.1) is 24.6 Å². The normalized spacial score (nSPS) is 12.6. The van der Waals surface area contributed by atoms with E-state index in [1.807, 2.05) is 43.3 Å². The third kappa shape index (κ3) is 6.36. The average molecular weight is 448 g/mol. The summed E-state index contributed by atoms with van der Waals surface area (Å²) < 4.78 is 31.7.